The first-order chi connectivity index (χ1) is 14.2. The van der Waals surface area contributed by atoms with Crippen molar-refractivity contribution in [3.05, 3.63) is 64.1 Å². The smallest absolute Gasteiger partial charge is 0.326 e. The second-order valence-corrected chi connectivity index (χ2v) is 7.80. The molecule has 1 aliphatic heterocycles. The lowest BCUT2D eigenvalue weighted by atomic mass is 10.1. The topological polar surface area (TPSA) is 79.4 Å². The lowest BCUT2D eigenvalue weighted by molar-refractivity contribution is 0.0342. The minimum absolute atomic E-state index is 0.0816. The molecule has 150 valence electrons. The number of aromatic nitrogens is 2. The standard InChI is InChI=1S/C22H24N4O3/c27-21(16-3-1-15(2-4-16)14-25-9-11-29-12-10-25)23-17-5-8-19-20(13-17)26(18-6-7-18)22(28)24-19/h1-5,8,13,18H,6-7,9-12,14H2,(H,23,27)(H,24,28). The van der Waals surface area contributed by atoms with Gasteiger partial charge in [0.2, 0.25) is 0 Å². The van der Waals surface area contributed by atoms with Crippen molar-refractivity contribution in [2.75, 3.05) is 31.6 Å². The number of nitrogens with one attached hydrogen (secondary N) is 2. The third-order valence-electron chi connectivity index (χ3n) is 5.61. The predicted molar refractivity (Wildman–Crippen MR) is 111 cm³/mol. The van der Waals surface area contributed by atoms with Crippen LogP contribution in [0, 0.1) is 0 Å². The van der Waals surface area contributed by atoms with Crippen LogP contribution in [-0.4, -0.2) is 46.7 Å². The summed E-state index contributed by atoms with van der Waals surface area (Å²) in [5.74, 6) is -0.155. The molecule has 0 spiro atoms. The number of carbonyl (C=O) groups is 1. The number of hydrogen-bond acceptors (Lipinski definition) is 4. The first-order valence-electron chi connectivity index (χ1n) is 10.1. The Kier molecular flexibility index (Phi) is 4.69. The highest BCUT2D eigenvalue weighted by molar-refractivity contribution is 6.05. The number of imidazole rings is 1. The molecule has 2 heterocycles. The summed E-state index contributed by atoms with van der Waals surface area (Å²) in [4.78, 5) is 30.1. The molecule has 7 heteroatoms. The Bertz CT molecular complexity index is 1090. The maximum Gasteiger partial charge on any atom is 0.326 e. The van der Waals surface area contributed by atoms with Gasteiger partial charge in [0.15, 0.2) is 0 Å². The van der Waals surface area contributed by atoms with Crippen LogP contribution in [0.25, 0.3) is 11.0 Å². The van der Waals surface area contributed by atoms with Crippen molar-refractivity contribution in [1.29, 1.82) is 0 Å². The van der Waals surface area contributed by atoms with Crippen LogP contribution in [0.1, 0.15) is 34.8 Å². The molecule has 2 aromatic carbocycles. The minimum Gasteiger partial charge on any atom is -0.379 e. The van der Waals surface area contributed by atoms with Gasteiger partial charge >= 0.3 is 5.69 Å². The predicted octanol–water partition coefficient (Wildman–Crippen LogP) is 2.75. The Morgan fingerprint density at radius 1 is 1.10 bits per heavy atom. The van der Waals surface area contributed by atoms with E-state index in [0.717, 1.165) is 56.7 Å². The third kappa shape index (κ3) is 3.83. The number of H-pyrrole nitrogens is 1. The van der Waals surface area contributed by atoms with E-state index in [4.69, 9.17) is 4.74 Å². The maximum atomic E-state index is 12.7. The van der Waals surface area contributed by atoms with Crippen molar-refractivity contribution < 1.29 is 9.53 Å². The molecule has 1 saturated carbocycles. The van der Waals surface area contributed by atoms with Crippen LogP contribution in [0.4, 0.5) is 5.69 Å². The third-order valence-corrected chi connectivity index (χ3v) is 5.61. The van der Waals surface area contributed by atoms with Gasteiger partial charge in [-0.3, -0.25) is 14.3 Å². The van der Waals surface area contributed by atoms with Gasteiger partial charge in [0, 0.05) is 36.9 Å². The van der Waals surface area contributed by atoms with Crippen molar-refractivity contribution in [2.45, 2.75) is 25.4 Å². The van der Waals surface area contributed by atoms with Crippen molar-refractivity contribution in [3.8, 4) is 0 Å². The zero-order valence-corrected chi connectivity index (χ0v) is 16.2. The average Bonchev–Trinajstić information content (AvgIpc) is 3.51. The van der Waals surface area contributed by atoms with Crippen molar-refractivity contribution in [1.82, 2.24) is 14.5 Å². The van der Waals surface area contributed by atoms with Crippen LogP contribution in [0.15, 0.2) is 47.3 Å². The van der Waals surface area contributed by atoms with E-state index in [1.807, 2.05) is 42.5 Å². The number of rotatable bonds is 5. The fraction of sp³-hybridized carbons (Fsp3) is 0.364. The summed E-state index contributed by atoms with van der Waals surface area (Å²) in [5.41, 5.74) is 4.05. The van der Waals surface area contributed by atoms with Gasteiger partial charge in [-0.15, -0.1) is 0 Å². The van der Waals surface area contributed by atoms with Gasteiger partial charge in [-0.25, -0.2) is 4.79 Å². The van der Waals surface area contributed by atoms with Gasteiger partial charge in [0.1, 0.15) is 0 Å². The van der Waals surface area contributed by atoms with Crippen LogP contribution in [-0.2, 0) is 11.3 Å². The van der Waals surface area contributed by atoms with E-state index in [1.54, 1.807) is 4.57 Å². The molecule has 1 amide bonds. The average molecular weight is 392 g/mol. The Morgan fingerprint density at radius 2 is 1.86 bits per heavy atom. The van der Waals surface area contributed by atoms with Gasteiger partial charge in [-0.1, -0.05) is 12.1 Å². The summed E-state index contributed by atoms with van der Waals surface area (Å²) in [6.45, 7) is 4.31. The van der Waals surface area contributed by atoms with Gasteiger partial charge in [-0.2, -0.15) is 0 Å². The number of ether oxygens (including phenoxy) is 1. The molecule has 2 fully saturated rings. The number of benzene rings is 2. The van der Waals surface area contributed by atoms with Gasteiger partial charge < -0.3 is 15.0 Å². The normalized spacial score (nSPS) is 17.5. The Balaban J connectivity index is 1.29. The second-order valence-electron chi connectivity index (χ2n) is 7.80. The molecule has 1 aliphatic carbocycles. The van der Waals surface area contributed by atoms with E-state index in [1.165, 1.54) is 5.56 Å². The van der Waals surface area contributed by atoms with E-state index >= 15 is 0 Å². The summed E-state index contributed by atoms with van der Waals surface area (Å²) < 4.78 is 7.18. The molecule has 3 aromatic rings. The number of aromatic amines is 1. The van der Waals surface area contributed by atoms with Crippen molar-refractivity contribution in [3.63, 3.8) is 0 Å². The number of hydrogen-bond donors (Lipinski definition) is 2. The quantitative estimate of drug-likeness (QED) is 0.700. The first kappa shape index (κ1) is 18.1. The first-order valence-corrected chi connectivity index (χ1v) is 10.1. The molecule has 5 rings (SSSR count). The molecule has 29 heavy (non-hydrogen) atoms. The molecule has 2 N–H and O–H groups in total. The molecule has 1 saturated heterocycles. The highest BCUT2D eigenvalue weighted by atomic mass is 16.5. The van der Waals surface area contributed by atoms with Crippen LogP contribution < -0.4 is 11.0 Å². The van der Waals surface area contributed by atoms with E-state index < -0.39 is 0 Å². The van der Waals surface area contributed by atoms with Gasteiger partial charge in [0.25, 0.3) is 5.91 Å². The Morgan fingerprint density at radius 3 is 2.59 bits per heavy atom. The lowest BCUT2D eigenvalue weighted by Crippen LogP contribution is -2.35. The fourth-order valence-corrected chi connectivity index (χ4v) is 3.88. The molecular weight excluding hydrogens is 368 g/mol. The van der Waals surface area contributed by atoms with Crippen LogP contribution in [0.5, 0.6) is 0 Å². The number of anilines is 1. The van der Waals surface area contributed by atoms with Crippen LogP contribution in [0.3, 0.4) is 0 Å². The number of morpholine rings is 1. The molecule has 0 bridgehead atoms. The van der Waals surface area contributed by atoms with E-state index in [9.17, 15) is 9.59 Å². The van der Waals surface area contributed by atoms with Crippen molar-refractivity contribution >= 4 is 22.6 Å². The summed E-state index contributed by atoms with van der Waals surface area (Å²) in [5, 5.41) is 2.95. The van der Waals surface area contributed by atoms with Crippen LogP contribution in [0.2, 0.25) is 0 Å². The Hall–Kier alpha value is -2.90. The molecule has 0 atom stereocenters. The molecule has 0 unspecified atom stereocenters. The molecule has 1 aromatic heterocycles. The van der Waals surface area contributed by atoms with Gasteiger partial charge in [-0.05, 0) is 48.7 Å². The summed E-state index contributed by atoms with van der Waals surface area (Å²) in [6, 6.07) is 13.5. The molecule has 7 nitrogen and oxygen atoms in total. The van der Waals surface area contributed by atoms with E-state index in [-0.39, 0.29) is 17.6 Å². The highest BCUT2D eigenvalue weighted by Crippen LogP contribution is 2.36. The molecular formula is C22H24N4O3. The second kappa shape index (κ2) is 7.50. The lowest BCUT2D eigenvalue weighted by Gasteiger charge is -2.26. The van der Waals surface area contributed by atoms with Crippen molar-refractivity contribution in [2.24, 2.45) is 0 Å². The zero-order chi connectivity index (χ0) is 19.8. The number of carbonyl (C=O) groups excluding carboxylic acids is 1. The molecule has 2 aliphatic rings. The van der Waals surface area contributed by atoms with E-state index in [2.05, 4.69) is 15.2 Å². The molecule has 0 radical (unpaired) electrons. The Labute approximate surface area is 168 Å². The minimum atomic E-state index is -0.155. The number of fused-ring (bicyclic) bond motifs is 1. The monoisotopic (exact) mass is 392 g/mol. The summed E-state index contributed by atoms with van der Waals surface area (Å²) in [7, 11) is 0. The number of nitrogens with zero attached hydrogens (tertiary/aromatic N) is 2. The zero-order valence-electron chi connectivity index (χ0n) is 16.2. The SMILES string of the molecule is O=C(Nc1ccc2[nH]c(=O)n(C3CC3)c2c1)c1ccc(CN2CCOCC2)cc1. The maximum absolute atomic E-state index is 12.7. The number of amides is 1. The fourth-order valence-electron chi connectivity index (χ4n) is 3.88. The van der Waals surface area contributed by atoms with Crippen LogP contribution >= 0.6 is 0 Å². The largest absolute Gasteiger partial charge is 0.379 e. The highest BCUT2D eigenvalue weighted by Gasteiger charge is 2.27. The van der Waals surface area contributed by atoms with Gasteiger partial charge in [0.05, 0.1) is 24.2 Å². The summed E-state index contributed by atoms with van der Waals surface area (Å²) >= 11 is 0. The summed E-state index contributed by atoms with van der Waals surface area (Å²) in [6.07, 6.45) is 2.06. The van der Waals surface area contributed by atoms with E-state index in [0.29, 0.717) is 11.3 Å².